The molecule has 0 spiro atoms. The van der Waals surface area contributed by atoms with E-state index >= 15 is 0 Å². The molecule has 2 aliphatic rings. The van der Waals surface area contributed by atoms with Gasteiger partial charge in [-0.25, -0.2) is 28.7 Å². The van der Waals surface area contributed by atoms with Crippen molar-refractivity contribution in [1.29, 1.82) is 0 Å². The molecule has 192 valence electrons. The Balaban J connectivity index is 1.21. The van der Waals surface area contributed by atoms with Crippen LogP contribution in [-0.4, -0.2) is 49.0 Å². The zero-order valence-corrected chi connectivity index (χ0v) is 21.2. The van der Waals surface area contributed by atoms with Gasteiger partial charge in [-0.1, -0.05) is 13.0 Å². The van der Waals surface area contributed by atoms with Crippen LogP contribution >= 0.6 is 0 Å². The molecule has 1 aromatic carbocycles. The van der Waals surface area contributed by atoms with Gasteiger partial charge in [0.25, 0.3) is 0 Å². The van der Waals surface area contributed by atoms with Crippen LogP contribution in [0, 0.1) is 24.5 Å². The molecule has 0 unspecified atom stereocenters. The zero-order valence-electron chi connectivity index (χ0n) is 21.2. The Hall–Kier alpha value is -3.46. The lowest BCUT2D eigenvalue weighted by molar-refractivity contribution is 0.192. The van der Waals surface area contributed by atoms with E-state index in [1.54, 1.807) is 6.07 Å². The van der Waals surface area contributed by atoms with Crippen LogP contribution < -0.4 is 5.32 Å². The Morgan fingerprint density at radius 2 is 1.78 bits per heavy atom. The molecule has 0 atom stereocenters. The molecule has 2 fully saturated rings. The molecule has 1 saturated carbocycles. The molecular formula is C28H31F2N7. The van der Waals surface area contributed by atoms with E-state index in [0.717, 1.165) is 50.9 Å². The number of hydrogen-bond acceptors (Lipinski definition) is 6. The van der Waals surface area contributed by atoms with Gasteiger partial charge in [0.05, 0.1) is 11.7 Å². The first kappa shape index (κ1) is 23.9. The predicted molar refractivity (Wildman–Crippen MR) is 140 cm³/mol. The maximum absolute atomic E-state index is 15.0. The summed E-state index contributed by atoms with van der Waals surface area (Å²) in [6, 6.07) is 7.34. The minimum Gasteiger partial charge on any atom is -0.325 e. The lowest BCUT2D eigenvalue weighted by atomic mass is 9.91. The number of nitrogens with zero attached hydrogens (tertiary/aromatic N) is 6. The van der Waals surface area contributed by atoms with Gasteiger partial charge < -0.3 is 14.8 Å². The van der Waals surface area contributed by atoms with E-state index in [1.165, 1.54) is 24.5 Å². The van der Waals surface area contributed by atoms with Crippen molar-refractivity contribution in [2.45, 2.75) is 52.0 Å². The van der Waals surface area contributed by atoms with Gasteiger partial charge >= 0.3 is 0 Å². The summed E-state index contributed by atoms with van der Waals surface area (Å²) in [6.07, 6.45) is 8.51. The number of hydrogen-bond donors (Lipinski definition) is 1. The van der Waals surface area contributed by atoms with Crippen molar-refractivity contribution in [3.05, 3.63) is 59.7 Å². The predicted octanol–water partition coefficient (Wildman–Crippen LogP) is 5.83. The minimum absolute atomic E-state index is 0.0366. The second-order valence-electron chi connectivity index (χ2n) is 10.2. The topological polar surface area (TPSA) is 71.8 Å². The Morgan fingerprint density at radius 1 is 0.973 bits per heavy atom. The normalized spacial score (nSPS) is 17.0. The van der Waals surface area contributed by atoms with Crippen LogP contribution in [-0.2, 0) is 6.42 Å². The first-order chi connectivity index (χ1) is 18.0. The number of aromatic nitrogens is 5. The van der Waals surface area contributed by atoms with Gasteiger partial charge in [-0.3, -0.25) is 0 Å². The van der Waals surface area contributed by atoms with Crippen LogP contribution in [0.5, 0.6) is 0 Å². The van der Waals surface area contributed by atoms with E-state index < -0.39 is 11.6 Å². The average molecular weight is 504 g/mol. The maximum Gasteiger partial charge on any atom is 0.229 e. The van der Waals surface area contributed by atoms with E-state index in [9.17, 15) is 8.78 Å². The molecule has 4 heterocycles. The van der Waals surface area contributed by atoms with Crippen LogP contribution in [0.1, 0.15) is 50.0 Å². The van der Waals surface area contributed by atoms with E-state index in [4.69, 9.17) is 0 Å². The van der Waals surface area contributed by atoms with Gasteiger partial charge in [0.2, 0.25) is 5.95 Å². The third-order valence-electron chi connectivity index (χ3n) is 7.60. The second kappa shape index (κ2) is 9.78. The molecular weight excluding hydrogens is 472 g/mol. The van der Waals surface area contributed by atoms with Gasteiger partial charge in [0.1, 0.15) is 22.9 Å². The number of aryl methyl sites for hydroxylation is 1. The van der Waals surface area contributed by atoms with Crippen molar-refractivity contribution < 1.29 is 8.78 Å². The summed E-state index contributed by atoms with van der Waals surface area (Å²) >= 11 is 0. The number of rotatable bonds is 7. The molecule has 1 aliphatic carbocycles. The Morgan fingerprint density at radius 3 is 2.49 bits per heavy atom. The number of likely N-dealkylation sites (tertiary alicyclic amines) is 1. The van der Waals surface area contributed by atoms with Crippen molar-refractivity contribution in [2.24, 2.45) is 5.92 Å². The standard InChI is InChI=1S/C28H31F2N7/c1-3-36-10-8-18(9-11-36)12-19-4-7-25(31-15-19)34-28-32-16-23(30)26(35-28)20-13-22(29)27-24(14-20)37(17(2)33-27)21-5-6-21/h4,7,13-16,18,21H,3,5-6,8-12H2,1-2H3,(H,31,32,34,35). The third-order valence-corrected chi connectivity index (χ3v) is 7.60. The number of imidazole rings is 1. The first-order valence-corrected chi connectivity index (χ1v) is 13.1. The number of piperidine rings is 1. The van der Waals surface area contributed by atoms with Gasteiger partial charge in [0.15, 0.2) is 11.6 Å². The zero-order chi connectivity index (χ0) is 25.5. The minimum atomic E-state index is -0.615. The molecule has 0 bridgehead atoms. The van der Waals surface area contributed by atoms with E-state index in [-0.39, 0.29) is 11.6 Å². The van der Waals surface area contributed by atoms with Crippen molar-refractivity contribution in [3.63, 3.8) is 0 Å². The molecule has 7 nitrogen and oxygen atoms in total. The average Bonchev–Trinajstić information content (AvgIpc) is 3.68. The first-order valence-electron chi connectivity index (χ1n) is 13.1. The van der Waals surface area contributed by atoms with Crippen LogP contribution in [0.3, 0.4) is 0 Å². The largest absolute Gasteiger partial charge is 0.325 e. The number of halogens is 2. The Bertz CT molecular complexity index is 1420. The summed E-state index contributed by atoms with van der Waals surface area (Å²) in [5.74, 6) is 1.13. The number of fused-ring (bicyclic) bond motifs is 1. The fourth-order valence-corrected chi connectivity index (χ4v) is 5.40. The smallest absolute Gasteiger partial charge is 0.229 e. The van der Waals surface area contributed by atoms with E-state index in [2.05, 4.69) is 43.1 Å². The molecule has 1 N–H and O–H groups in total. The fourth-order valence-electron chi connectivity index (χ4n) is 5.40. The fraction of sp³-hybridized carbons (Fsp3) is 0.429. The lowest BCUT2D eigenvalue weighted by Crippen LogP contribution is -2.34. The molecule has 0 amide bonds. The highest BCUT2D eigenvalue weighted by molar-refractivity contribution is 5.83. The van der Waals surface area contributed by atoms with Crippen LogP contribution in [0.25, 0.3) is 22.3 Å². The van der Waals surface area contributed by atoms with Crippen LogP contribution in [0.2, 0.25) is 0 Å². The summed E-state index contributed by atoms with van der Waals surface area (Å²) in [5, 5.41) is 3.06. The molecule has 37 heavy (non-hydrogen) atoms. The van der Waals surface area contributed by atoms with Gasteiger partial charge in [-0.05, 0) is 88.3 Å². The van der Waals surface area contributed by atoms with Crippen molar-refractivity contribution in [3.8, 4) is 11.3 Å². The molecule has 6 rings (SSSR count). The number of anilines is 2. The quantitative estimate of drug-likeness (QED) is 0.342. The Labute approximate surface area is 215 Å². The molecule has 0 radical (unpaired) electrons. The van der Waals surface area contributed by atoms with Crippen molar-refractivity contribution >= 4 is 22.8 Å². The summed E-state index contributed by atoms with van der Waals surface area (Å²) in [6.45, 7) is 7.54. The van der Waals surface area contributed by atoms with Gasteiger partial charge in [-0.2, -0.15) is 0 Å². The van der Waals surface area contributed by atoms with E-state index in [1.807, 2.05) is 23.8 Å². The summed E-state index contributed by atoms with van der Waals surface area (Å²) < 4.78 is 31.8. The third kappa shape index (κ3) is 4.92. The Kier molecular flexibility index (Phi) is 6.32. The molecule has 9 heteroatoms. The van der Waals surface area contributed by atoms with Crippen LogP contribution in [0.15, 0.2) is 36.7 Å². The van der Waals surface area contributed by atoms with Crippen LogP contribution in [0.4, 0.5) is 20.5 Å². The summed E-state index contributed by atoms with van der Waals surface area (Å²) in [4.78, 5) is 19.9. The monoisotopic (exact) mass is 503 g/mol. The number of pyridine rings is 1. The SMILES string of the molecule is CCN1CCC(Cc2ccc(Nc3ncc(F)c(-c4cc(F)c5nc(C)n(C6CC6)c5c4)n3)nc2)CC1. The molecule has 3 aromatic heterocycles. The highest BCUT2D eigenvalue weighted by Gasteiger charge is 2.28. The van der Waals surface area contributed by atoms with Crippen molar-refractivity contribution in [1.82, 2.24) is 29.4 Å². The van der Waals surface area contributed by atoms with Gasteiger partial charge in [-0.15, -0.1) is 0 Å². The highest BCUT2D eigenvalue weighted by atomic mass is 19.1. The second-order valence-corrected chi connectivity index (χ2v) is 10.2. The van der Waals surface area contributed by atoms with Gasteiger partial charge in [0, 0.05) is 17.8 Å². The molecule has 1 aliphatic heterocycles. The highest BCUT2D eigenvalue weighted by Crippen LogP contribution is 2.40. The number of nitrogens with one attached hydrogen (secondary N) is 1. The maximum atomic E-state index is 15.0. The van der Waals surface area contributed by atoms with E-state index in [0.29, 0.717) is 34.4 Å². The lowest BCUT2D eigenvalue weighted by Gasteiger charge is -2.31. The van der Waals surface area contributed by atoms with Crippen molar-refractivity contribution in [2.75, 3.05) is 25.0 Å². The molecule has 4 aromatic rings. The number of benzene rings is 1. The summed E-state index contributed by atoms with van der Waals surface area (Å²) in [5.41, 5.74) is 2.57. The summed E-state index contributed by atoms with van der Waals surface area (Å²) in [7, 11) is 0. The molecule has 1 saturated heterocycles.